The van der Waals surface area contributed by atoms with Crippen LogP contribution in [0.25, 0.3) is 0 Å². The molecule has 88 valence electrons. The fourth-order valence-corrected chi connectivity index (χ4v) is 2.12. The Bertz CT molecular complexity index is 490. The van der Waals surface area contributed by atoms with Gasteiger partial charge in [0.15, 0.2) is 0 Å². The van der Waals surface area contributed by atoms with E-state index in [1.54, 1.807) is 18.6 Å². The van der Waals surface area contributed by atoms with Crippen LogP contribution in [-0.2, 0) is 6.42 Å². The van der Waals surface area contributed by atoms with Crippen molar-refractivity contribution in [1.29, 1.82) is 0 Å². The summed E-state index contributed by atoms with van der Waals surface area (Å²) in [4.78, 5) is 8.18. The minimum Gasteiger partial charge on any atom is -0.369 e. The van der Waals surface area contributed by atoms with E-state index in [-0.39, 0.29) is 0 Å². The lowest BCUT2D eigenvalue weighted by atomic mass is 10.2. The number of hydrogen-bond acceptors (Lipinski definition) is 3. The maximum Gasteiger partial charge on any atom is 0.144 e. The first-order chi connectivity index (χ1) is 8.25. The van der Waals surface area contributed by atoms with Gasteiger partial charge in [0.1, 0.15) is 5.82 Å². The molecule has 0 aromatic carbocycles. The molecule has 0 saturated carbocycles. The molecular weight excluding hydrogens is 302 g/mol. The lowest BCUT2D eigenvalue weighted by Gasteiger charge is -2.07. The third kappa shape index (κ3) is 3.68. The van der Waals surface area contributed by atoms with Gasteiger partial charge in [-0.15, -0.1) is 0 Å². The van der Waals surface area contributed by atoms with Crippen molar-refractivity contribution in [2.75, 3.05) is 11.9 Å². The molecule has 2 heterocycles. The van der Waals surface area contributed by atoms with E-state index in [2.05, 4.69) is 31.2 Å². The molecule has 0 fully saturated rings. The van der Waals surface area contributed by atoms with Crippen molar-refractivity contribution < 1.29 is 0 Å². The van der Waals surface area contributed by atoms with Crippen LogP contribution in [0.4, 0.5) is 5.82 Å². The van der Waals surface area contributed by atoms with Gasteiger partial charge in [0, 0.05) is 29.6 Å². The van der Waals surface area contributed by atoms with Crippen molar-refractivity contribution in [2.24, 2.45) is 0 Å². The molecular formula is C12H11BrClN3. The number of nitrogens with zero attached hydrogens (tertiary/aromatic N) is 2. The smallest absolute Gasteiger partial charge is 0.144 e. The van der Waals surface area contributed by atoms with Crippen molar-refractivity contribution in [3.05, 3.63) is 51.8 Å². The van der Waals surface area contributed by atoms with E-state index in [1.165, 1.54) is 5.56 Å². The van der Waals surface area contributed by atoms with Gasteiger partial charge in [-0.2, -0.15) is 0 Å². The average molecular weight is 313 g/mol. The number of nitrogens with one attached hydrogen (secondary N) is 1. The highest BCUT2D eigenvalue weighted by Crippen LogP contribution is 2.22. The highest BCUT2D eigenvalue weighted by Gasteiger charge is 2.01. The second kappa shape index (κ2) is 5.98. The topological polar surface area (TPSA) is 37.8 Å². The van der Waals surface area contributed by atoms with Crippen LogP contribution in [-0.4, -0.2) is 16.5 Å². The minimum absolute atomic E-state index is 0.620. The molecule has 0 bridgehead atoms. The molecule has 0 spiro atoms. The third-order valence-electron chi connectivity index (χ3n) is 2.26. The monoisotopic (exact) mass is 311 g/mol. The fraction of sp³-hybridized carbons (Fsp3) is 0.167. The van der Waals surface area contributed by atoms with E-state index < -0.39 is 0 Å². The van der Waals surface area contributed by atoms with Crippen LogP contribution >= 0.6 is 27.5 Å². The molecule has 0 aliphatic heterocycles. The van der Waals surface area contributed by atoms with Crippen molar-refractivity contribution >= 4 is 33.3 Å². The molecule has 2 rings (SSSR count). The maximum absolute atomic E-state index is 6.05. The van der Waals surface area contributed by atoms with Gasteiger partial charge in [-0.1, -0.05) is 11.6 Å². The summed E-state index contributed by atoms with van der Waals surface area (Å²) in [7, 11) is 0. The number of aromatic nitrogens is 2. The van der Waals surface area contributed by atoms with E-state index in [1.807, 2.05) is 18.2 Å². The number of hydrogen-bond donors (Lipinski definition) is 1. The lowest BCUT2D eigenvalue weighted by molar-refractivity contribution is 1.000. The van der Waals surface area contributed by atoms with Crippen LogP contribution in [0, 0.1) is 0 Å². The third-order valence-corrected chi connectivity index (χ3v) is 2.99. The van der Waals surface area contributed by atoms with Gasteiger partial charge < -0.3 is 5.32 Å². The molecule has 0 amide bonds. The number of rotatable bonds is 4. The molecule has 0 unspecified atom stereocenters. The zero-order valence-electron chi connectivity index (χ0n) is 9.03. The largest absolute Gasteiger partial charge is 0.369 e. The molecule has 0 radical (unpaired) electrons. The van der Waals surface area contributed by atoms with E-state index in [9.17, 15) is 0 Å². The van der Waals surface area contributed by atoms with Gasteiger partial charge in [-0.05, 0) is 46.1 Å². The predicted molar refractivity (Wildman–Crippen MR) is 73.4 cm³/mol. The first-order valence-corrected chi connectivity index (χ1v) is 6.36. The molecule has 0 saturated heterocycles. The van der Waals surface area contributed by atoms with Crippen LogP contribution < -0.4 is 5.32 Å². The van der Waals surface area contributed by atoms with Gasteiger partial charge >= 0.3 is 0 Å². The quantitative estimate of drug-likeness (QED) is 0.938. The minimum atomic E-state index is 0.620. The zero-order chi connectivity index (χ0) is 12.1. The van der Waals surface area contributed by atoms with Crippen molar-refractivity contribution in [2.45, 2.75) is 6.42 Å². The molecule has 0 atom stereocenters. The number of pyridine rings is 2. The Morgan fingerprint density at radius 1 is 1.29 bits per heavy atom. The molecule has 2 aromatic heterocycles. The first kappa shape index (κ1) is 12.3. The van der Waals surface area contributed by atoms with E-state index in [0.717, 1.165) is 17.4 Å². The first-order valence-electron chi connectivity index (χ1n) is 5.19. The molecule has 2 aromatic rings. The normalized spacial score (nSPS) is 10.2. The Morgan fingerprint density at radius 2 is 2.06 bits per heavy atom. The maximum atomic E-state index is 6.05. The SMILES string of the molecule is Clc1cc(Br)cnc1NCCc1ccncc1. The molecule has 1 N–H and O–H groups in total. The van der Waals surface area contributed by atoms with E-state index in [0.29, 0.717) is 10.8 Å². The molecule has 0 aliphatic rings. The van der Waals surface area contributed by atoms with Gasteiger partial charge in [-0.3, -0.25) is 4.98 Å². The van der Waals surface area contributed by atoms with Crippen LogP contribution in [0.3, 0.4) is 0 Å². The van der Waals surface area contributed by atoms with Gasteiger partial charge in [0.25, 0.3) is 0 Å². The summed E-state index contributed by atoms with van der Waals surface area (Å²) in [6.07, 6.45) is 6.22. The standard InChI is InChI=1S/C12H11BrClN3/c13-10-7-11(14)12(17-8-10)16-6-3-9-1-4-15-5-2-9/h1-2,4-5,7-8H,3,6H2,(H,16,17). The van der Waals surface area contributed by atoms with Crippen LogP contribution in [0.1, 0.15) is 5.56 Å². The predicted octanol–water partition coefficient (Wildman–Crippen LogP) is 3.55. The highest BCUT2D eigenvalue weighted by atomic mass is 79.9. The van der Waals surface area contributed by atoms with Crippen molar-refractivity contribution in [3.8, 4) is 0 Å². The van der Waals surface area contributed by atoms with Gasteiger partial charge in [0.05, 0.1) is 5.02 Å². The highest BCUT2D eigenvalue weighted by molar-refractivity contribution is 9.10. The molecule has 5 heteroatoms. The Hall–Kier alpha value is -1.13. The van der Waals surface area contributed by atoms with Crippen LogP contribution in [0.15, 0.2) is 41.3 Å². The Labute approximate surface area is 113 Å². The summed E-state index contributed by atoms with van der Waals surface area (Å²) in [6.45, 7) is 0.790. The Balaban J connectivity index is 1.90. The van der Waals surface area contributed by atoms with Gasteiger partial charge in [-0.25, -0.2) is 4.98 Å². The van der Waals surface area contributed by atoms with Crippen molar-refractivity contribution in [1.82, 2.24) is 9.97 Å². The summed E-state index contributed by atoms with van der Waals surface area (Å²) in [5, 5.41) is 3.82. The zero-order valence-corrected chi connectivity index (χ0v) is 11.4. The average Bonchev–Trinajstić information content (AvgIpc) is 2.33. The Kier molecular flexibility index (Phi) is 4.34. The number of anilines is 1. The fourth-order valence-electron chi connectivity index (χ4n) is 1.42. The van der Waals surface area contributed by atoms with Crippen molar-refractivity contribution in [3.63, 3.8) is 0 Å². The summed E-state index contributed by atoms with van der Waals surface area (Å²) in [5.41, 5.74) is 1.24. The second-order valence-electron chi connectivity index (χ2n) is 3.52. The lowest BCUT2D eigenvalue weighted by Crippen LogP contribution is -2.06. The summed E-state index contributed by atoms with van der Waals surface area (Å²) < 4.78 is 0.877. The summed E-state index contributed by atoms with van der Waals surface area (Å²) >= 11 is 9.37. The second-order valence-corrected chi connectivity index (χ2v) is 4.84. The van der Waals surface area contributed by atoms with Crippen LogP contribution in [0.5, 0.6) is 0 Å². The summed E-state index contributed by atoms with van der Waals surface area (Å²) in [6, 6.07) is 5.82. The number of halogens is 2. The van der Waals surface area contributed by atoms with Gasteiger partial charge in [0.2, 0.25) is 0 Å². The Morgan fingerprint density at radius 3 is 2.76 bits per heavy atom. The molecule has 17 heavy (non-hydrogen) atoms. The summed E-state index contributed by atoms with van der Waals surface area (Å²) in [5.74, 6) is 0.712. The molecule has 3 nitrogen and oxygen atoms in total. The molecule has 0 aliphatic carbocycles. The van der Waals surface area contributed by atoms with Crippen LogP contribution in [0.2, 0.25) is 5.02 Å². The van der Waals surface area contributed by atoms with E-state index >= 15 is 0 Å². The van der Waals surface area contributed by atoms with E-state index in [4.69, 9.17) is 11.6 Å².